The van der Waals surface area contributed by atoms with E-state index >= 15 is 0 Å². The summed E-state index contributed by atoms with van der Waals surface area (Å²) in [5.41, 5.74) is 1.20. The molecule has 7 atom stereocenters. The van der Waals surface area contributed by atoms with Crippen LogP contribution in [0.15, 0.2) is 11.6 Å². The van der Waals surface area contributed by atoms with E-state index in [1.807, 2.05) is 6.08 Å². The number of aliphatic hydroxyl groups excluding tert-OH is 2. The summed E-state index contributed by atoms with van der Waals surface area (Å²) in [6, 6.07) is 0. The van der Waals surface area contributed by atoms with Gasteiger partial charge in [0, 0.05) is 11.8 Å². The summed E-state index contributed by atoms with van der Waals surface area (Å²) >= 11 is 0. The highest BCUT2D eigenvalue weighted by molar-refractivity contribution is 5.87. The van der Waals surface area contributed by atoms with E-state index in [0.717, 1.165) is 38.5 Å². The van der Waals surface area contributed by atoms with E-state index in [4.69, 9.17) is 0 Å². The van der Waals surface area contributed by atoms with Crippen LogP contribution in [0.2, 0.25) is 0 Å². The van der Waals surface area contributed by atoms with Gasteiger partial charge in [-0.2, -0.15) is 0 Å². The van der Waals surface area contributed by atoms with Crippen LogP contribution < -0.4 is 0 Å². The summed E-state index contributed by atoms with van der Waals surface area (Å²) in [7, 11) is 0. The van der Waals surface area contributed by atoms with Crippen molar-refractivity contribution in [1.29, 1.82) is 0 Å². The second kappa shape index (κ2) is 4.67. The zero-order valence-electron chi connectivity index (χ0n) is 13.7. The molecule has 4 aliphatic rings. The zero-order valence-corrected chi connectivity index (χ0v) is 13.7. The van der Waals surface area contributed by atoms with E-state index in [0.29, 0.717) is 24.0 Å². The third-order valence-corrected chi connectivity index (χ3v) is 7.81. The first-order valence-electron chi connectivity index (χ1n) is 8.97. The molecule has 0 unspecified atom stereocenters. The smallest absolute Gasteiger partial charge is 0.139 e. The lowest BCUT2D eigenvalue weighted by Crippen LogP contribution is -2.54. The molecule has 4 aliphatic carbocycles. The maximum atomic E-state index is 12.4. The molecule has 22 heavy (non-hydrogen) atoms. The Hall–Kier alpha value is -0.670. The van der Waals surface area contributed by atoms with Crippen molar-refractivity contribution in [1.82, 2.24) is 0 Å². The normalized spacial score (nSPS) is 54.3. The fraction of sp³-hybridized carbons (Fsp3) is 0.842. The van der Waals surface area contributed by atoms with Crippen molar-refractivity contribution < 1.29 is 15.0 Å². The summed E-state index contributed by atoms with van der Waals surface area (Å²) in [4.78, 5) is 12.4. The fourth-order valence-electron chi connectivity index (χ4n) is 6.40. The molecule has 4 rings (SSSR count). The Kier molecular flexibility index (Phi) is 3.16. The van der Waals surface area contributed by atoms with Gasteiger partial charge in [-0.3, -0.25) is 4.79 Å². The summed E-state index contributed by atoms with van der Waals surface area (Å²) < 4.78 is 0. The summed E-state index contributed by atoms with van der Waals surface area (Å²) in [5, 5.41) is 20.8. The molecule has 0 saturated heterocycles. The molecule has 0 aromatic carbocycles. The van der Waals surface area contributed by atoms with Crippen molar-refractivity contribution in [3.63, 3.8) is 0 Å². The van der Waals surface area contributed by atoms with E-state index in [2.05, 4.69) is 13.8 Å². The number of aliphatic hydroxyl groups is 2. The number of rotatable bonds is 0. The number of carbonyl (C=O) groups is 1. The lowest BCUT2D eigenvalue weighted by Gasteiger charge is -2.58. The first-order valence-corrected chi connectivity index (χ1v) is 8.97. The van der Waals surface area contributed by atoms with Crippen molar-refractivity contribution in [3.05, 3.63) is 11.6 Å². The summed E-state index contributed by atoms with van der Waals surface area (Å²) in [6.07, 6.45) is 7.65. The first-order chi connectivity index (χ1) is 10.4. The summed E-state index contributed by atoms with van der Waals surface area (Å²) in [6.45, 7) is 4.48. The minimum absolute atomic E-state index is 0.121. The Morgan fingerprint density at radius 2 is 1.73 bits per heavy atom. The quantitative estimate of drug-likeness (QED) is 0.677. The highest BCUT2D eigenvalue weighted by Gasteiger charge is 2.60. The Labute approximate surface area is 132 Å². The second-order valence-corrected chi connectivity index (χ2v) is 8.70. The molecule has 0 bridgehead atoms. The van der Waals surface area contributed by atoms with E-state index < -0.39 is 6.10 Å². The van der Waals surface area contributed by atoms with Gasteiger partial charge >= 0.3 is 0 Å². The minimum Gasteiger partial charge on any atom is -0.393 e. The van der Waals surface area contributed by atoms with Gasteiger partial charge in [-0.25, -0.2) is 0 Å². The number of Topliss-reactive ketones (excluding diaryl/α,β-unsaturated/α-hetero) is 1. The van der Waals surface area contributed by atoms with E-state index in [1.165, 1.54) is 5.57 Å². The molecule has 122 valence electrons. The van der Waals surface area contributed by atoms with Crippen molar-refractivity contribution in [3.8, 4) is 0 Å². The third-order valence-electron chi connectivity index (χ3n) is 7.81. The van der Waals surface area contributed by atoms with Gasteiger partial charge in [0.1, 0.15) is 5.78 Å². The van der Waals surface area contributed by atoms with Crippen molar-refractivity contribution in [2.75, 3.05) is 0 Å². The maximum Gasteiger partial charge on any atom is 0.139 e. The lowest BCUT2D eigenvalue weighted by molar-refractivity contribution is -0.135. The van der Waals surface area contributed by atoms with Crippen LogP contribution in [0, 0.1) is 28.6 Å². The Balaban J connectivity index is 1.75. The van der Waals surface area contributed by atoms with Gasteiger partial charge in [-0.05, 0) is 61.7 Å². The van der Waals surface area contributed by atoms with Crippen LogP contribution in [-0.2, 0) is 4.79 Å². The van der Waals surface area contributed by atoms with E-state index in [9.17, 15) is 15.0 Å². The molecule has 3 nitrogen and oxygen atoms in total. The second-order valence-electron chi connectivity index (χ2n) is 8.70. The molecular formula is C19H28O3. The molecular weight excluding hydrogens is 276 g/mol. The highest BCUT2D eigenvalue weighted by Crippen LogP contribution is 2.63. The predicted octanol–water partition coefficient (Wildman–Crippen LogP) is 2.85. The molecule has 0 aromatic heterocycles. The van der Waals surface area contributed by atoms with Crippen LogP contribution in [0.5, 0.6) is 0 Å². The highest BCUT2D eigenvalue weighted by atomic mass is 16.3. The Bertz CT molecular complexity index is 539. The van der Waals surface area contributed by atoms with Gasteiger partial charge in [0.2, 0.25) is 0 Å². The van der Waals surface area contributed by atoms with Gasteiger partial charge < -0.3 is 10.2 Å². The van der Waals surface area contributed by atoms with Crippen LogP contribution >= 0.6 is 0 Å². The van der Waals surface area contributed by atoms with E-state index in [-0.39, 0.29) is 22.9 Å². The van der Waals surface area contributed by atoms with Crippen LogP contribution in [0.3, 0.4) is 0 Å². The number of ketones is 1. The van der Waals surface area contributed by atoms with Crippen molar-refractivity contribution >= 4 is 5.78 Å². The first kappa shape index (κ1) is 14.9. The molecule has 0 heterocycles. The molecule has 0 amide bonds. The SMILES string of the molecule is C[C@]12CC[C@H](O)CC1=C[C@H](O)[C@@H]1[C@@H]2CC[C@]2(C)C(=O)CC[C@@H]12. The predicted molar refractivity (Wildman–Crippen MR) is 84.1 cm³/mol. The number of hydrogen-bond acceptors (Lipinski definition) is 3. The van der Waals surface area contributed by atoms with Gasteiger partial charge in [0.05, 0.1) is 12.2 Å². The maximum absolute atomic E-state index is 12.4. The number of hydrogen-bond donors (Lipinski definition) is 2. The molecule has 0 spiro atoms. The van der Waals surface area contributed by atoms with Crippen LogP contribution in [-0.4, -0.2) is 28.2 Å². The number of carbonyl (C=O) groups excluding carboxylic acids is 1. The molecule has 3 saturated carbocycles. The molecule has 0 aliphatic heterocycles. The zero-order chi connectivity index (χ0) is 15.7. The minimum atomic E-state index is -0.436. The van der Waals surface area contributed by atoms with Crippen molar-refractivity contribution in [2.24, 2.45) is 28.6 Å². The van der Waals surface area contributed by atoms with Gasteiger partial charge in [-0.1, -0.05) is 25.5 Å². The van der Waals surface area contributed by atoms with Crippen molar-refractivity contribution in [2.45, 2.75) is 71.0 Å². The molecule has 0 aromatic rings. The van der Waals surface area contributed by atoms with Crippen LogP contribution in [0.25, 0.3) is 0 Å². The van der Waals surface area contributed by atoms with Gasteiger partial charge in [0.25, 0.3) is 0 Å². The lowest BCUT2D eigenvalue weighted by atomic mass is 9.47. The third kappa shape index (κ3) is 1.78. The fourth-order valence-corrected chi connectivity index (χ4v) is 6.40. The molecule has 0 radical (unpaired) electrons. The Morgan fingerprint density at radius 1 is 1.05 bits per heavy atom. The summed E-state index contributed by atoms with van der Waals surface area (Å²) in [5.74, 6) is 1.46. The largest absolute Gasteiger partial charge is 0.393 e. The van der Waals surface area contributed by atoms with Crippen LogP contribution in [0.1, 0.15) is 58.8 Å². The average molecular weight is 304 g/mol. The monoisotopic (exact) mass is 304 g/mol. The van der Waals surface area contributed by atoms with E-state index in [1.54, 1.807) is 0 Å². The average Bonchev–Trinajstić information content (AvgIpc) is 2.77. The number of fused-ring (bicyclic) bond motifs is 5. The van der Waals surface area contributed by atoms with Gasteiger partial charge in [-0.15, -0.1) is 0 Å². The Morgan fingerprint density at radius 3 is 2.50 bits per heavy atom. The topological polar surface area (TPSA) is 57.5 Å². The molecule has 3 fully saturated rings. The molecule has 3 heteroatoms. The molecule has 2 N–H and O–H groups in total. The standard InChI is InChI=1S/C19H28O3/c1-18-7-5-12(20)9-11(18)10-15(21)17-13-3-4-16(22)19(13,2)8-6-14(17)18/h10,12-15,17,20-21H,3-9H2,1-2H3/t12-,13-,14-,15-,17-,18-,19-/m0/s1. The van der Waals surface area contributed by atoms with Crippen LogP contribution in [0.4, 0.5) is 0 Å². The van der Waals surface area contributed by atoms with Gasteiger partial charge in [0.15, 0.2) is 0 Å².